The van der Waals surface area contributed by atoms with Gasteiger partial charge in [-0.15, -0.1) is 0 Å². The Kier molecular flexibility index (Phi) is 1.54. The van der Waals surface area contributed by atoms with Crippen molar-refractivity contribution in [1.82, 2.24) is 4.90 Å². The highest BCUT2D eigenvalue weighted by molar-refractivity contribution is 5.80. The molecule has 0 spiro atoms. The molecule has 0 aromatic heterocycles. The van der Waals surface area contributed by atoms with Crippen LogP contribution in [0.1, 0.15) is 24.4 Å². The summed E-state index contributed by atoms with van der Waals surface area (Å²) in [5, 5.41) is 3.27. The summed E-state index contributed by atoms with van der Waals surface area (Å²) < 4.78 is 0. The second kappa shape index (κ2) is 2.74. The minimum Gasteiger partial charge on any atom is -0.367 e. The van der Waals surface area contributed by atoms with Crippen molar-refractivity contribution in [3.63, 3.8) is 0 Å². The number of nitrogens with zero attached hydrogens (tertiary/aromatic N) is 1. The second-order valence-corrected chi connectivity index (χ2v) is 3.84. The van der Waals surface area contributed by atoms with E-state index in [1.54, 1.807) is 0 Å². The molecule has 0 bridgehead atoms. The van der Waals surface area contributed by atoms with Crippen molar-refractivity contribution in [3.05, 3.63) is 29.8 Å². The maximum absolute atomic E-state index is 11.5. The number of fused-ring (bicyclic) bond motifs is 3. The van der Waals surface area contributed by atoms with Gasteiger partial charge >= 0.3 is 0 Å². The number of hydrogen-bond donors (Lipinski definition) is 1. The summed E-state index contributed by atoms with van der Waals surface area (Å²) >= 11 is 0. The first-order valence-corrected chi connectivity index (χ1v) is 4.98. The van der Waals surface area contributed by atoms with E-state index in [0.717, 1.165) is 6.42 Å². The molecular formula is C11H12N2O. The summed E-state index contributed by atoms with van der Waals surface area (Å²) in [5.74, 6) is 0.275. The molecule has 2 aliphatic heterocycles. The van der Waals surface area contributed by atoms with Crippen molar-refractivity contribution in [1.29, 1.82) is 0 Å². The van der Waals surface area contributed by atoms with Crippen molar-refractivity contribution in [3.8, 4) is 0 Å². The number of nitrogens with one attached hydrogen (secondary N) is 1. The molecule has 1 unspecified atom stereocenters. The van der Waals surface area contributed by atoms with E-state index in [9.17, 15) is 4.79 Å². The van der Waals surface area contributed by atoms with E-state index in [-0.39, 0.29) is 5.91 Å². The van der Waals surface area contributed by atoms with Gasteiger partial charge in [0.15, 0.2) is 0 Å². The third-order valence-electron chi connectivity index (χ3n) is 3.09. The molecule has 1 fully saturated rings. The lowest BCUT2D eigenvalue weighted by atomic mass is 10.0. The van der Waals surface area contributed by atoms with Gasteiger partial charge in [-0.25, -0.2) is 0 Å². The number of hydrogen-bond acceptors (Lipinski definition) is 2. The lowest BCUT2D eigenvalue weighted by Crippen LogP contribution is -2.36. The van der Waals surface area contributed by atoms with E-state index in [0.29, 0.717) is 19.1 Å². The zero-order valence-electron chi connectivity index (χ0n) is 7.86. The molecule has 1 amide bonds. The van der Waals surface area contributed by atoms with Crippen LogP contribution in [0.15, 0.2) is 24.3 Å². The quantitative estimate of drug-likeness (QED) is 0.672. The number of para-hydroxylation sites is 1. The average Bonchev–Trinajstić information content (AvgIpc) is 2.61. The highest BCUT2D eigenvalue weighted by atomic mass is 16.2. The lowest BCUT2D eigenvalue weighted by molar-refractivity contribution is -0.128. The van der Waals surface area contributed by atoms with Gasteiger partial charge in [0.1, 0.15) is 0 Å². The van der Waals surface area contributed by atoms with Gasteiger partial charge < -0.3 is 10.2 Å². The summed E-state index contributed by atoms with van der Waals surface area (Å²) in [6.45, 7) is 0.667. The van der Waals surface area contributed by atoms with E-state index in [4.69, 9.17) is 0 Å². The average molecular weight is 188 g/mol. The standard InChI is InChI=1S/C11H12N2O/c14-11-6-5-10-8-3-1-2-4-9(8)12-7-13(10)11/h1-4,10,12H,5-7H2. The SMILES string of the molecule is O=C1CCC2c3ccccc3NCN12. The first-order valence-electron chi connectivity index (χ1n) is 4.98. The van der Waals surface area contributed by atoms with Crippen LogP contribution in [0.4, 0.5) is 5.69 Å². The van der Waals surface area contributed by atoms with Gasteiger partial charge in [0.05, 0.1) is 12.7 Å². The number of rotatable bonds is 0. The number of amides is 1. The van der Waals surface area contributed by atoms with Crippen LogP contribution in [0.3, 0.4) is 0 Å². The monoisotopic (exact) mass is 188 g/mol. The first-order chi connectivity index (χ1) is 6.86. The molecule has 0 aliphatic carbocycles. The fourth-order valence-electron chi connectivity index (χ4n) is 2.37. The Labute approximate surface area is 82.7 Å². The van der Waals surface area contributed by atoms with Gasteiger partial charge in [0.25, 0.3) is 0 Å². The maximum atomic E-state index is 11.5. The summed E-state index contributed by atoms with van der Waals surface area (Å²) in [6.07, 6.45) is 1.66. The van der Waals surface area contributed by atoms with Crippen LogP contribution in [0.25, 0.3) is 0 Å². The minimum atomic E-state index is 0.275. The summed E-state index contributed by atoms with van der Waals surface area (Å²) in [6, 6.07) is 8.57. The fraction of sp³-hybridized carbons (Fsp3) is 0.364. The smallest absolute Gasteiger partial charge is 0.224 e. The Morgan fingerprint density at radius 3 is 3.14 bits per heavy atom. The van der Waals surface area contributed by atoms with Crippen molar-refractivity contribution in [2.75, 3.05) is 12.0 Å². The summed E-state index contributed by atoms with van der Waals surface area (Å²) in [5.41, 5.74) is 2.45. The summed E-state index contributed by atoms with van der Waals surface area (Å²) in [4.78, 5) is 13.4. The van der Waals surface area contributed by atoms with Crippen LogP contribution < -0.4 is 5.32 Å². The van der Waals surface area contributed by atoms with Crippen LogP contribution in [-0.4, -0.2) is 17.5 Å². The van der Waals surface area contributed by atoms with Crippen LogP contribution >= 0.6 is 0 Å². The Morgan fingerprint density at radius 2 is 2.21 bits per heavy atom. The molecule has 1 saturated heterocycles. The van der Waals surface area contributed by atoms with Crippen LogP contribution in [0, 0.1) is 0 Å². The Morgan fingerprint density at radius 1 is 1.36 bits per heavy atom. The molecule has 3 rings (SSSR count). The summed E-state index contributed by atoms with van der Waals surface area (Å²) in [7, 11) is 0. The van der Waals surface area contributed by atoms with Crippen molar-refractivity contribution in [2.24, 2.45) is 0 Å². The number of anilines is 1. The molecule has 72 valence electrons. The molecule has 0 radical (unpaired) electrons. The fourth-order valence-corrected chi connectivity index (χ4v) is 2.37. The Balaban J connectivity index is 2.07. The molecule has 1 atom stereocenters. The van der Waals surface area contributed by atoms with Gasteiger partial charge in [-0.05, 0) is 18.1 Å². The normalized spacial score (nSPS) is 24.1. The topological polar surface area (TPSA) is 32.3 Å². The molecular weight excluding hydrogens is 176 g/mol. The van der Waals surface area contributed by atoms with Crippen molar-refractivity contribution in [2.45, 2.75) is 18.9 Å². The van der Waals surface area contributed by atoms with E-state index >= 15 is 0 Å². The van der Waals surface area contributed by atoms with E-state index in [2.05, 4.69) is 17.4 Å². The van der Waals surface area contributed by atoms with Gasteiger partial charge in [-0.3, -0.25) is 4.79 Å². The van der Waals surface area contributed by atoms with Crippen LogP contribution in [0.2, 0.25) is 0 Å². The predicted molar refractivity (Wildman–Crippen MR) is 53.8 cm³/mol. The molecule has 14 heavy (non-hydrogen) atoms. The Hall–Kier alpha value is -1.51. The molecule has 1 aromatic carbocycles. The van der Waals surface area contributed by atoms with Crippen LogP contribution in [-0.2, 0) is 4.79 Å². The predicted octanol–water partition coefficient (Wildman–Crippen LogP) is 1.73. The van der Waals surface area contributed by atoms with Crippen LogP contribution in [0.5, 0.6) is 0 Å². The van der Waals surface area contributed by atoms with E-state index < -0.39 is 0 Å². The third-order valence-corrected chi connectivity index (χ3v) is 3.09. The second-order valence-electron chi connectivity index (χ2n) is 3.84. The molecule has 1 aromatic rings. The molecule has 3 nitrogen and oxygen atoms in total. The number of benzene rings is 1. The maximum Gasteiger partial charge on any atom is 0.224 e. The van der Waals surface area contributed by atoms with E-state index in [1.165, 1.54) is 11.3 Å². The number of carbonyl (C=O) groups excluding carboxylic acids is 1. The zero-order valence-corrected chi connectivity index (χ0v) is 7.86. The van der Waals surface area contributed by atoms with Crippen molar-refractivity contribution < 1.29 is 4.79 Å². The van der Waals surface area contributed by atoms with Gasteiger partial charge in [-0.1, -0.05) is 18.2 Å². The van der Waals surface area contributed by atoms with Gasteiger partial charge in [0, 0.05) is 12.1 Å². The molecule has 3 heteroatoms. The van der Waals surface area contributed by atoms with E-state index in [1.807, 2.05) is 17.0 Å². The lowest BCUT2D eigenvalue weighted by Gasteiger charge is -2.32. The molecule has 2 heterocycles. The highest BCUT2D eigenvalue weighted by Gasteiger charge is 2.35. The molecule has 1 N–H and O–H groups in total. The molecule has 0 saturated carbocycles. The largest absolute Gasteiger partial charge is 0.367 e. The Bertz CT molecular complexity index is 389. The zero-order chi connectivity index (χ0) is 9.54. The van der Waals surface area contributed by atoms with Crippen molar-refractivity contribution >= 4 is 11.6 Å². The highest BCUT2D eigenvalue weighted by Crippen LogP contribution is 2.39. The van der Waals surface area contributed by atoms with Gasteiger partial charge in [0.2, 0.25) is 5.91 Å². The molecule has 2 aliphatic rings. The van der Waals surface area contributed by atoms with Gasteiger partial charge in [-0.2, -0.15) is 0 Å². The third kappa shape index (κ3) is 0.953. The minimum absolute atomic E-state index is 0.275. The number of carbonyl (C=O) groups is 1. The first kappa shape index (κ1) is 7.85.